The first kappa shape index (κ1) is 34.7. The van der Waals surface area contributed by atoms with Crippen molar-refractivity contribution in [2.75, 3.05) is 20.7 Å². The van der Waals surface area contributed by atoms with Crippen LogP contribution < -0.4 is 10.8 Å². The number of likely N-dealkylation sites (N-methyl/N-ethyl adjacent to an activating group) is 1. The molecule has 3 rings (SSSR count). The fourth-order valence-corrected chi connectivity index (χ4v) is 5.18. The van der Waals surface area contributed by atoms with Gasteiger partial charge in [-0.05, 0) is 54.2 Å². The summed E-state index contributed by atoms with van der Waals surface area (Å²) in [5.41, 5.74) is 1.36. The number of rotatable bonds is 15. The Bertz CT molecular complexity index is 1240. The van der Waals surface area contributed by atoms with Crippen molar-refractivity contribution in [3.63, 3.8) is 0 Å². The summed E-state index contributed by atoms with van der Waals surface area (Å²) in [4.78, 5) is 61.9. The summed E-state index contributed by atoms with van der Waals surface area (Å²) in [7, 11) is 2.81. The van der Waals surface area contributed by atoms with Crippen LogP contribution in [-0.4, -0.2) is 71.4 Å². The summed E-state index contributed by atoms with van der Waals surface area (Å²) in [6.07, 6.45) is 5.86. The van der Waals surface area contributed by atoms with Crippen molar-refractivity contribution in [2.45, 2.75) is 76.2 Å². The number of aliphatic hydroxyl groups is 1. The van der Waals surface area contributed by atoms with Crippen LogP contribution in [0, 0.1) is 5.92 Å². The molecule has 0 aliphatic heterocycles. The molecule has 1 saturated carbocycles. The Morgan fingerprint density at radius 3 is 2.52 bits per heavy atom. The van der Waals surface area contributed by atoms with Crippen LogP contribution in [0.25, 0.3) is 0 Å². The molecule has 0 saturated heterocycles. The summed E-state index contributed by atoms with van der Waals surface area (Å²) in [5.74, 6) is -2.18. The van der Waals surface area contributed by atoms with Crippen LogP contribution >= 0.6 is 11.6 Å². The lowest BCUT2D eigenvalue weighted by Gasteiger charge is -2.32. The van der Waals surface area contributed by atoms with Gasteiger partial charge in [-0.1, -0.05) is 55.8 Å². The molecule has 3 amide bonds. The molecule has 1 aromatic heterocycles. The number of pyridine rings is 1. The number of hydrogen-bond donors (Lipinski definition) is 3. The molecule has 1 aliphatic carbocycles. The van der Waals surface area contributed by atoms with Gasteiger partial charge in [-0.25, -0.2) is 15.1 Å². The number of nitrogens with zero attached hydrogens (tertiary/aromatic N) is 2. The third kappa shape index (κ3) is 11.4. The number of hydroxylamine groups is 1. The predicted molar refractivity (Wildman–Crippen MR) is 161 cm³/mol. The lowest BCUT2D eigenvalue weighted by molar-refractivity contribution is -0.174. The van der Waals surface area contributed by atoms with Gasteiger partial charge in [-0.3, -0.25) is 24.7 Å². The molecular weight excluding hydrogens is 592 g/mol. The fourth-order valence-electron chi connectivity index (χ4n) is 4.97. The van der Waals surface area contributed by atoms with E-state index >= 15 is 0 Å². The Morgan fingerprint density at radius 1 is 1.11 bits per heavy atom. The average molecular weight is 633 g/mol. The van der Waals surface area contributed by atoms with Gasteiger partial charge in [0.1, 0.15) is 6.61 Å². The molecule has 12 nitrogen and oxygen atoms in total. The highest BCUT2D eigenvalue weighted by Gasteiger charge is 2.42. The van der Waals surface area contributed by atoms with Gasteiger partial charge >= 0.3 is 12.1 Å². The van der Waals surface area contributed by atoms with Gasteiger partial charge in [-0.2, -0.15) is 0 Å². The highest BCUT2D eigenvalue weighted by atomic mass is 35.5. The molecule has 2 aromatic rings. The SMILES string of the molecule is COC(=O)C(CCC(=O)N(C)CCc1ccncc1)ONC(=O)C(O)(CC1CCCCC1)NC(=O)OCc1cccc(Cl)c1. The first-order valence-electron chi connectivity index (χ1n) is 14.7. The zero-order valence-electron chi connectivity index (χ0n) is 25.1. The molecule has 44 heavy (non-hydrogen) atoms. The second-order valence-corrected chi connectivity index (χ2v) is 11.4. The van der Waals surface area contributed by atoms with Crippen molar-refractivity contribution in [2.24, 2.45) is 5.92 Å². The predicted octanol–water partition coefficient (Wildman–Crippen LogP) is 3.69. The van der Waals surface area contributed by atoms with Crippen molar-refractivity contribution in [1.82, 2.24) is 20.7 Å². The Morgan fingerprint density at radius 2 is 1.84 bits per heavy atom. The van der Waals surface area contributed by atoms with E-state index in [-0.39, 0.29) is 37.7 Å². The van der Waals surface area contributed by atoms with Crippen LogP contribution in [-0.2, 0) is 41.7 Å². The molecule has 1 fully saturated rings. The maximum absolute atomic E-state index is 13.3. The van der Waals surface area contributed by atoms with Crippen LogP contribution in [0.15, 0.2) is 48.8 Å². The normalized spacial score (nSPS) is 15.4. The van der Waals surface area contributed by atoms with Crippen LogP contribution in [0.4, 0.5) is 4.79 Å². The Labute approximate surface area is 262 Å². The molecule has 1 aliphatic rings. The molecular formula is C31H41ClN4O8. The minimum atomic E-state index is -2.39. The molecule has 2 atom stereocenters. The van der Waals surface area contributed by atoms with Gasteiger partial charge in [0.25, 0.3) is 5.91 Å². The molecule has 0 radical (unpaired) electrons. The number of carbonyl (C=O) groups excluding carboxylic acids is 4. The minimum Gasteiger partial charge on any atom is -0.467 e. The third-order valence-electron chi connectivity index (χ3n) is 7.54. The summed E-state index contributed by atoms with van der Waals surface area (Å²) in [5, 5.41) is 14.1. The highest BCUT2D eigenvalue weighted by Crippen LogP contribution is 2.30. The average Bonchev–Trinajstić information content (AvgIpc) is 3.03. The van der Waals surface area contributed by atoms with Gasteiger partial charge in [0, 0.05) is 43.9 Å². The second-order valence-electron chi connectivity index (χ2n) is 10.9. The van der Waals surface area contributed by atoms with Gasteiger partial charge in [0.2, 0.25) is 11.6 Å². The molecule has 0 bridgehead atoms. The number of methoxy groups -OCH3 is 1. The van der Waals surface area contributed by atoms with Crippen molar-refractivity contribution >= 4 is 35.5 Å². The zero-order chi connectivity index (χ0) is 32.0. The summed E-state index contributed by atoms with van der Waals surface area (Å²) < 4.78 is 10.0. The van der Waals surface area contributed by atoms with Crippen LogP contribution in [0.3, 0.4) is 0 Å². The van der Waals surface area contributed by atoms with Crippen molar-refractivity contribution in [3.8, 4) is 0 Å². The first-order chi connectivity index (χ1) is 21.1. The number of alkyl carbamates (subject to hydrolysis) is 1. The fraction of sp³-hybridized carbons (Fsp3) is 0.516. The van der Waals surface area contributed by atoms with E-state index in [0.717, 1.165) is 44.8 Å². The summed E-state index contributed by atoms with van der Waals surface area (Å²) in [6, 6.07) is 10.5. The van der Waals surface area contributed by atoms with E-state index in [1.807, 2.05) is 12.1 Å². The van der Waals surface area contributed by atoms with Crippen LogP contribution in [0.2, 0.25) is 5.02 Å². The van der Waals surface area contributed by atoms with E-state index in [1.54, 1.807) is 43.7 Å². The summed E-state index contributed by atoms with van der Waals surface area (Å²) >= 11 is 5.98. The van der Waals surface area contributed by atoms with Crippen molar-refractivity contribution < 1.29 is 38.6 Å². The Balaban J connectivity index is 1.59. The van der Waals surface area contributed by atoms with Crippen molar-refractivity contribution in [1.29, 1.82) is 0 Å². The quantitative estimate of drug-likeness (QED) is 0.151. The smallest absolute Gasteiger partial charge is 0.410 e. The van der Waals surface area contributed by atoms with E-state index in [4.69, 9.17) is 25.9 Å². The number of halogens is 1. The van der Waals surface area contributed by atoms with E-state index in [0.29, 0.717) is 23.6 Å². The molecule has 0 spiro atoms. The van der Waals surface area contributed by atoms with Crippen LogP contribution in [0.1, 0.15) is 62.5 Å². The number of aromatic nitrogens is 1. The molecule has 1 heterocycles. The van der Waals surface area contributed by atoms with E-state index in [9.17, 15) is 24.3 Å². The first-order valence-corrected chi connectivity index (χ1v) is 15.1. The number of ether oxygens (including phenoxy) is 2. The summed E-state index contributed by atoms with van der Waals surface area (Å²) in [6.45, 7) is 0.316. The maximum Gasteiger partial charge on any atom is 0.410 e. The number of amides is 3. The van der Waals surface area contributed by atoms with E-state index in [1.165, 1.54) is 4.90 Å². The standard InChI is InChI=1S/C31H41ClN4O8/c1-36(18-15-22-13-16-33-17-14-22)27(37)12-11-26(28(38)42-2)44-35-29(39)31(41,20-23-7-4-3-5-8-23)34-30(40)43-21-24-9-6-10-25(32)19-24/h6,9-10,13-14,16-17,19,23,26,41H,3-5,7-8,11-12,15,18,20-21H2,1-2H3,(H,34,40)(H,35,39). The molecule has 2 unspecified atom stereocenters. The number of nitrogens with one attached hydrogen (secondary N) is 2. The maximum atomic E-state index is 13.3. The molecule has 13 heteroatoms. The van der Waals surface area contributed by atoms with Crippen LogP contribution in [0.5, 0.6) is 0 Å². The monoisotopic (exact) mass is 632 g/mol. The highest BCUT2D eigenvalue weighted by molar-refractivity contribution is 6.30. The topological polar surface area (TPSA) is 156 Å². The molecule has 3 N–H and O–H groups in total. The largest absolute Gasteiger partial charge is 0.467 e. The van der Waals surface area contributed by atoms with Gasteiger partial charge in [-0.15, -0.1) is 0 Å². The van der Waals surface area contributed by atoms with Gasteiger partial charge < -0.3 is 19.5 Å². The zero-order valence-corrected chi connectivity index (χ0v) is 25.9. The number of esters is 1. The van der Waals surface area contributed by atoms with E-state index < -0.39 is 29.8 Å². The van der Waals surface area contributed by atoms with Gasteiger partial charge in [0.05, 0.1) is 7.11 Å². The molecule has 240 valence electrons. The number of carbonyl (C=O) groups is 4. The Kier molecular flexibility index (Phi) is 13.8. The Hall–Kier alpha value is -3.74. The molecule has 1 aromatic carbocycles. The van der Waals surface area contributed by atoms with Gasteiger partial charge in [0.15, 0.2) is 6.10 Å². The van der Waals surface area contributed by atoms with Crippen molar-refractivity contribution in [3.05, 3.63) is 64.9 Å². The lowest BCUT2D eigenvalue weighted by atomic mass is 9.83. The second kappa shape index (κ2) is 17.5. The number of benzene rings is 1. The minimum absolute atomic E-state index is 0.0376. The third-order valence-corrected chi connectivity index (χ3v) is 7.78. The van der Waals surface area contributed by atoms with E-state index in [2.05, 4.69) is 15.8 Å². The lowest BCUT2D eigenvalue weighted by Crippen LogP contribution is -2.60. The number of hydrogen-bond acceptors (Lipinski definition) is 9.